The Hall–Kier alpha value is -2.73. The average Bonchev–Trinajstić information content (AvgIpc) is 2.65. The summed E-state index contributed by atoms with van der Waals surface area (Å²) >= 11 is 0. The minimum Gasteiger partial charge on any atom is -0.489 e. The molecule has 1 heterocycles. The number of rotatable bonds is 5. The normalized spacial score (nSPS) is 14.7. The quantitative estimate of drug-likeness (QED) is 0.793. The molecule has 0 aliphatic carbocycles. The van der Waals surface area contributed by atoms with Crippen LogP contribution < -0.4 is 14.8 Å². The summed E-state index contributed by atoms with van der Waals surface area (Å²) in [6.45, 7) is 4.68. The van der Waals surface area contributed by atoms with Gasteiger partial charge in [-0.15, -0.1) is 0 Å². The van der Waals surface area contributed by atoms with Crippen molar-refractivity contribution in [2.45, 2.75) is 38.9 Å². The molecule has 0 saturated carbocycles. The van der Waals surface area contributed by atoms with E-state index in [9.17, 15) is 4.79 Å². The van der Waals surface area contributed by atoms with E-state index in [0.29, 0.717) is 18.0 Å². The number of aryl methyl sites for hydroxylation is 1. The van der Waals surface area contributed by atoms with Crippen molar-refractivity contribution in [3.8, 4) is 11.5 Å². The lowest BCUT2D eigenvalue weighted by molar-refractivity contribution is -0.0598. The minimum atomic E-state index is -0.354. The third kappa shape index (κ3) is 4.92. The fraction of sp³-hybridized carbons (Fsp3) is 0.381. The summed E-state index contributed by atoms with van der Waals surface area (Å²) in [5.41, 5.74) is 2.85. The van der Waals surface area contributed by atoms with Crippen LogP contribution in [0.4, 0.5) is 10.5 Å². The fourth-order valence-corrected chi connectivity index (χ4v) is 2.92. The number of carbonyl (C=O) groups excluding carboxylic acids is 1. The largest absolute Gasteiger partial charge is 0.489 e. The van der Waals surface area contributed by atoms with E-state index in [1.165, 1.54) is 19.7 Å². The van der Waals surface area contributed by atoms with Crippen molar-refractivity contribution in [2.24, 2.45) is 0 Å². The van der Waals surface area contributed by atoms with Crippen LogP contribution in [0, 0.1) is 0 Å². The number of hydrogen-bond acceptors (Lipinski definition) is 4. The van der Waals surface area contributed by atoms with Gasteiger partial charge in [0.2, 0.25) is 0 Å². The van der Waals surface area contributed by atoms with Crippen molar-refractivity contribution in [1.29, 1.82) is 0 Å². The Labute approximate surface area is 160 Å². The molecule has 1 N–H and O–H groups in total. The van der Waals surface area contributed by atoms with Gasteiger partial charge < -0.3 is 14.8 Å². The first-order valence-electron chi connectivity index (χ1n) is 8.99. The Bertz CT molecular complexity index is 820. The van der Waals surface area contributed by atoms with Crippen molar-refractivity contribution in [1.82, 2.24) is 5.06 Å². The van der Waals surface area contributed by atoms with Gasteiger partial charge >= 0.3 is 6.03 Å². The lowest BCUT2D eigenvalue weighted by Crippen LogP contribution is -2.32. The molecule has 27 heavy (non-hydrogen) atoms. The van der Waals surface area contributed by atoms with Gasteiger partial charge in [0.05, 0.1) is 7.11 Å². The lowest BCUT2D eigenvalue weighted by Gasteiger charge is -2.32. The van der Waals surface area contributed by atoms with Crippen LogP contribution >= 0.6 is 0 Å². The summed E-state index contributed by atoms with van der Waals surface area (Å²) in [6, 6.07) is 13.1. The zero-order chi connectivity index (χ0) is 19.4. The molecule has 2 amide bonds. The molecule has 0 bridgehead atoms. The Balaban J connectivity index is 1.62. The molecule has 0 spiro atoms. The Morgan fingerprint density at radius 2 is 2.07 bits per heavy atom. The SMILES string of the molecule is CON(C)C(=O)Nc1cccc(OCc2ccc3c(c2)CCC(C)(C)O3)c1. The molecular formula is C21H26N2O4. The van der Waals surface area contributed by atoms with E-state index >= 15 is 0 Å². The Kier molecular flexibility index (Phi) is 5.56. The second-order valence-electron chi connectivity index (χ2n) is 7.23. The van der Waals surface area contributed by atoms with Crippen molar-refractivity contribution in [2.75, 3.05) is 19.5 Å². The number of hydroxylamine groups is 2. The molecular weight excluding hydrogens is 344 g/mol. The number of ether oxygens (including phenoxy) is 2. The van der Waals surface area contributed by atoms with Crippen LogP contribution in [-0.4, -0.2) is 30.9 Å². The molecule has 144 valence electrons. The smallest absolute Gasteiger partial charge is 0.345 e. The van der Waals surface area contributed by atoms with E-state index in [2.05, 4.69) is 25.2 Å². The van der Waals surface area contributed by atoms with Crippen LogP contribution in [0.15, 0.2) is 42.5 Å². The molecule has 6 heteroatoms. The van der Waals surface area contributed by atoms with Crippen LogP contribution in [0.1, 0.15) is 31.4 Å². The van der Waals surface area contributed by atoms with Gasteiger partial charge in [0.15, 0.2) is 0 Å². The second-order valence-corrected chi connectivity index (χ2v) is 7.23. The van der Waals surface area contributed by atoms with Crippen LogP contribution in [-0.2, 0) is 17.9 Å². The summed E-state index contributed by atoms with van der Waals surface area (Å²) in [6.07, 6.45) is 2.01. The van der Waals surface area contributed by atoms with Gasteiger partial charge in [-0.05, 0) is 62.1 Å². The van der Waals surface area contributed by atoms with Gasteiger partial charge in [0.25, 0.3) is 0 Å². The lowest BCUT2D eigenvalue weighted by atomic mass is 9.93. The number of fused-ring (bicyclic) bond motifs is 1. The maximum Gasteiger partial charge on any atom is 0.345 e. The molecule has 0 unspecified atom stereocenters. The topological polar surface area (TPSA) is 60.0 Å². The highest BCUT2D eigenvalue weighted by atomic mass is 16.7. The Morgan fingerprint density at radius 1 is 1.26 bits per heavy atom. The van der Waals surface area contributed by atoms with E-state index in [-0.39, 0.29) is 11.6 Å². The molecule has 0 saturated heterocycles. The molecule has 0 radical (unpaired) electrons. The van der Waals surface area contributed by atoms with Crippen molar-refractivity contribution >= 4 is 11.7 Å². The number of nitrogens with zero attached hydrogens (tertiary/aromatic N) is 1. The summed E-state index contributed by atoms with van der Waals surface area (Å²) in [7, 11) is 2.97. The van der Waals surface area contributed by atoms with Gasteiger partial charge in [0, 0.05) is 18.8 Å². The summed E-state index contributed by atoms with van der Waals surface area (Å²) in [5, 5.41) is 3.86. The highest BCUT2D eigenvalue weighted by Gasteiger charge is 2.26. The van der Waals surface area contributed by atoms with E-state index in [0.717, 1.165) is 29.2 Å². The first kappa shape index (κ1) is 19.0. The van der Waals surface area contributed by atoms with E-state index in [1.807, 2.05) is 24.3 Å². The third-order valence-electron chi connectivity index (χ3n) is 4.56. The highest BCUT2D eigenvalue weighted by molar-refractivity contribution is 5.88. The predicted octanol–water partition coefficient (Wildman–Crippen LogP) is 4.39. The van der Waals surface area contributed by atoms with Gasteiger partial charge in [-0.25, -0.2) is 9.86 Å². The van der Waals surface area contributed by atoms with Crippen molar-refractivity contribution in [3.63, 3.8) is 0 Å². The zero-order valence-corrected chi connectivity index (χ0v) is 16.2. The number of nitrogens with one attached hydrogen (secondary N) is 1. The maximum absolute atomic E-state index is 11.9. The number of carbonyl (C=O) groups is 1. The third-order valence-corrected chi connectivity index (χ3v) is 4.56. The molecule has 1 aliphatic heterocycles. The monoisotopic (exact) mass is 370 g/mol. The first-order valence-corrected chi connectivity index (χ1v) is 8.99. The molecule has 2 aromatic carbocycles. The van der Waals surface area contributed by atoms with Crippen LogP contribution in [0.3, 0.4) is 0 Å². The molecule has 2 aromatic rings. The van der Waals surface area contributed by atoms with E-state index in [4.69, 9.17) is 14.3 Å². The van der Waals surface area contributed by atoms with Gasteiger partial charge in [-0.1, -0.05) is 12.1 Å². The summed E-state index contributed by atoms with van der Waals surface area (Å²) < 4.78 is 11.9. The number of hydrogen-bond donors (Lipinski definition) is 1. The predicted molar refractivity (Wildman–Crippen MR) is 104 cm³/mol. The van der Waals surface area contributed by atoms with Crippen LogP contribution in [0.5, 0.6) is 11.5 Å². The average molecular weight is 370 g/mol. The van der Waals surface area contributed by atoms with Gasteiger partial charge in [0.1, 0.15) is 23.7 Å². The summed E-state index contributed by atoms with van der Waals surface area (Å²) in [4.78, 5) is 16.7. The van der Waals surface area contributed by atoms with E-state index < -0.39 is 0 Å². The number of amides is 2. The second kappa shape index (κ2) is 7.88. The molecule has 0 fully saturated rings. The van der Waals surface area contributed by atoms with E-state index in [1.54, 1.807) is 12.1 Å². The standard InChI is InChI=1S/C21H26N2O4/c1-21(2)11-10-16-12-15(8-9-19(16)27-21)14-26-18-7-5-6-17(13-18)22-20(24)23(3)25-4/h5-9,12-13H,10-11,14H2,1-4H3,(H,22,24). The molecule has 1 aliphatic rings. The van der Waals surface area contributed by atoms with Crippen LogP contribution in [0.25, 0.3) is 0 Å². The van der Waals surface area contributed by atoms with Crippen LogP contribution in [0.2, 0.25) is 0 Å². The minimum absolute atomic E-state index is 0.104. The number of urea groups is 1. The molecule has 6 nitrogen and oxygen atoms in total. The highest BCUT2D eigenvalue weighted by Crippen LogP contribution is 2.33. The fourth-order valence-electron chi connectivity index (χ4n) is 2.92. The van der Waals surface area contributed by atoms with Gasteiger partial charge in [-0.3, -0.25) is 4.84 Å². The maximum atomic E-state index is 11.9. The number of anilines is 1. The Morgan fingerprint density at radius 3 is 2.85 bits per heavy atom. The van der Waals surface area contributed by atoms with Gasteiger partial charge in [-0.2, -0.15) is 0 Å². The molecule has 0 atom stereocenters. The van der Waals surface area contributed by atoms with Crippen molar-refractivity contribution < 1.29 is 19.1 Å². The number of benzene rings is 2. The summed E-state index contributed by atoms with van der Waals surface area (Å²) in [5.74, 6) is 1.64. The molecule has 0 aromatic heterocycles. The molecule has 3 rings (SSSR count). The zero-order valence-electron chi connectivity index (χ0n) is 16.2. The van der Waals surface area contributed by atoms with Crippen molar-refractivity contribution in [3.05, 3.63) is 53.6 Å². The first-order chi connectivity index (χ1) is 12.9.